The molecular formula is C40H53N5O6S. The Morgan fingerprint density at radius 2 is 1.48 bits per heavy atom. The molecule has 52 heavy (non-hydrogen) atoms. The Labute approximate surface area is 312 Å². The minimum Gasteiger partial charge on any atom is -0.495 e. The van der Waals surface area contributed by atoms with E-state index in [0.29, 0.717) is 45.8 Å². The Balaban J connectivity index is 1.65. The van der Waals surface area contributed by atoms with Crippen molar-refractivity contribution in [1.29, 1.82) is 0 Å². The lowest BCUT2D eigenvalue weighted by atomic mass is 9.76. The summed E-state index contributed by atoms with van der Waals surface area (Å²) in [6.45, 7) is 15.2. The standard InChI is InChI=1S/C40H53N5O6S/c1-11-30(51-31-23-22-26(39(4,5)12-2)24-27(31)40(6,7)13-3)37(46)42-29-19-15-17-21-33(29)52-35(36-44-43-34(45(36)8)25-50-49-10)38(47)41-28-18-14-16-20-32(28)48-9/h14-24,30,35H,11-13,25H2,1-10H3,(H,41,47)(H,42,46). The summed E-state index contributed by atoms with van der Waals surface area (Å²) in [7, 11) is 4.71. The van der Waals surface area contributed by atoms with Gasteiger partial charge in [0.05, 0.1) is 25.6 Å². The summed E-state index contributed by atoms with van der Waals surface area (Å²) >= 11 is 1.24. The first-order chi connectivity index (χ1) is 24.8. The number of hydrogen-bond acceptors (Lipinski definition) is 9. The van der Waals surface area contributed by atoms with E-state index in [-0.39, 0.29) is 29.3 Å². The van der Waals surface area contributed by atoms with E-state index in [1.165, 1.54) is 24.4 Å². The van der Waals surface area contributed by atoms with Gasteiger partial charge in [-0.25, -0.2) is 9.78 Å². The second-order valence-corrected chi connectivity index (χ2v) is 15.0. The van der Waals surface area contributed by atoms with Crippen LogP contribution in [-0.2, 0) is 43.8 Å². The van der Waals surface area contributed by atoms with Gasteiger partial charge in [0.15, 0.2) is 17.8 Å². The van der Waals surface area contributed by atoms with Crippen molar-refractivity contribution >= 4 is 35.0 Å². The van der Waals surface area contributed by atoms with Crippen LogP contribution in [0.2, 0.25) is 0 Å². The Morgan fingerprint density at radius 1 is 0.827 bits per heavy atom. The van der Waals surface area contributed by atoms with Crippen LogP contribution in [0.5, 0.6) is 11.5 Å². The number of aromatic nitrogens is 3. The van der Waals surface area contributed by atoms with Gasteiger partial charge >= 0.3 is 0 Å². The number of thioether (sulfide) groups is 1. The van der Waals surface area contributed by atoms with Crippen molar-refractivity contribution in [2.45, 2.75) is 101 Å². The third-order valence-corrected chi connectivity index (χ3v) is 11.0. The summed E-state index contributed by atoms with van der Waals surface area (Å²) in [5.41, 5.74) is 3.21. The van der Waals surface area contributed by atoms with Gasteiger partial charge in [-0.1, -0.05) is 84.9 Å². The van der Waals surface area contributed by atoms with E-state index in [9.17, 15) is 9.59 Å². The molecule has 0 aliphatic carbocycles. The van der Waals surface area contributed by atoms with Gasteiger partial charge in [-0.05, 0) is 66.0 Å². The molecule has 1 heterocycles. The second-order valence-electron chi connectivity index (χ2n) is 13.8. The molecule has 11 nitrogen and oxygen atoms in total. The van der Waals surface area contributed by atoms with E-state index < -0.39 is 11.4 Å². The molecule has 0 saturated carbocycles. The van der Waals surface area contributed by atoms with Crippen LogP contribution in [0.4, 0.5) is 11.4 Å². The predicted octanol–water partition coefficient (Wildman–Crippen LogP) is 8.55. The quantitative estimate of drug-likeness (QED) is 0.0588. The number of nitrogens with one attached hydrogen (secondary N) is 2. The number of benzene rings is 3. The topological polar surface area (TPSA) is 126 Å². The van der Waals surface area contributed by atoms with Crippen LogP contribution < -0.4 is 20.1 Å². The highest BCUT2D eigenvalue weighted by Crippen LogP contribution is 2.41. The van der Waals surface area contributed by atoms with Crippen LogP contribution in [-0.4, -0.2) is 46.9 Å². The molecule has 2 amide bonds. The van der Waals surface area contributed by atoms with Crippen LogP contribution >= 0.6 is 11.8 Å². The minimum absolute atomic E-state index is 0.00615. The van der Waals surface area contributed by atoms with Crippen molar-refractivity contribution in [2.24, 2.45) is 7.05 Å². The highest BCUT2D eigenvalue weighted by molar-refractivity contribution is 8.00. The monoisotopic (exact) mass is 731 g/mol. The first-order valence-electron chi connectivity index (χ1n) is 17.7. The number of carbonyl (C=O) groups is 2. The zero-order chi connectivity index (χ0) is 38.1. The van der Waals surface area contributed by atoms with Gasteiger partial charge in [-0.15, -0.1) is 22.0 Å². The molecule has 1 aromatic heterocycles. The SMILES string of the molecule is CCC(Oc1ccc(C(C)(C)CC)cc1C(C)(C)CC)C(=O)Nc1ccccc1SC(C(=O)Nc1ccccc1OC)c1nnc(COOC)n1C. The average molecular weight is 732 g/mol. The van der Waals surface area contributed by atoms with Gasteiger partial charge in [0, 0.05) is 17.5 Å². The molecule has 4 rings (SSSR count). The first-order valence-corrected chi connectivity index (χ1v) is 18.5. The van der Waals surface area contributed by atoms with E-state index in [1.54, 1.807) is 30.9 Å². The molecule has 2 atom stereocenters. The molecule has 3 aromatic carbocycles. The molecule has 0 aliphatic heterocycles. The third-order valence-electron chi connectivity index (χ3n) is 9.72. The van der Waals surface area contributed by atoms with Crippen LogP contribution in [0.3, 0.4) is 0 Å². The maximum atomic E-state index is 14.1. The molecule has 280 valence electrons. The zero-order valence-corrected chi connectivity index (χ0v) is 32.8. The summed E-state index contributed by atoms with van der Waals surface area (Å²) in [6.07, 6.45) is 1.59. The highest BCUT2D eigenvalue weighted by atomic mass is 32.2. The third kappa shape index (κ3) is 9.53. The fourth-order valence-corrected chi connectivity index (χ4v) is 6.61. The van der Waals surface area contributed by atoms with Crippen molar-refractivity contribution in [1.82, 2.24) is 14.8 Å². The molecule has 0 spiro atoms. The summed E-state index contributed by atoms with van der Waals surface area (Å²) in [5, 5.41) is 13.8. The van der Waals surface area contributed by atoms with Crippen molar-refractivity contribution in [3.63, 3.8) is 0 Å². The van der Waals surface area contributed by atoms with Gasteiger partial charge in [-0.2, -0.15) is 0 Å². The van der Waals surface area contributed by atoms with Gasteiger partial charge in [-0.3, -0.25) is 9.59 Å². The number of rotatable bonds is 18. The molecule has 0 bridgehead atoms. The maximum absolute atomic E-state index is 14.1. The van der Waals surface area contributed by atoms with E-state index in [2.05, 4.69) is 74.5 Å². The fraction of sp³-hybridized carbons (Fsp3) is 0.450. The Bertz CT molecular complexity index is 1820. The molecule has 0 fully saturated rings. The molecule has 12 heteroatoms. The Morgan fingerprint density at radius 3 is 2.13 bits per heavy atom. The molecule has 0 aliphatic rings. The summed E-state index contributed by atoms with van der Waals surface area (Å²) in [5.74, 6) is 1.41. The number of nitrogens with zero attached hydrogens (tertiary/aromatic N) is 3. The number of amides is 2. The maximum Gasteiger partial charge on any atom is 0.265 e. The molecule has 2 N–H and O–H groups in total. The lowest BCUT2D eigenvalue weighted by Crippen LogP contribution is -2.33. The van der Waals surface area contributed by atoms with Crippen molar-refractivity contribution in [2.75, 3.05) is 24.9 Å². The number of carbonyl (C=O) groups excluding carboxylic acids is 2. The average Bonchev–Trinajstić information content (AvgIpc) is 3.51. The van der Waals surface area contributed by atoms with Crippen molar-refractivity contribution in [3.8, 4) is 11.5 Å². The van der Waals surface area contributed by atoms with Crippen LogP contribution in [0.1, 0.15) is 95.8 Å². The smallest absolute Gasteiger partial charge is 0.265 e. The van der Waals surface area contributed by atoms with Crippen LogP contribution in [0.25, 0.3) is 0 Å². The lowest BCUT2D eigenvalue weighted by Gasteiger charge is -2.31. The first kappa shape index (κ1) is 40.4. The Kier molecular flexibility index (Phi) is 13.9. The second kappa shape index (κ2) is 17.9. The summed E-state index contributed by atoms with van der Waals surface area (Å²) < 4.78 is 13.7. The molecule has 0 radical (unpaired) electrons. The van der Waals surface area contributed by atoms with Crippen LogP contribution in [0, 0.1) is 0 Å². The number of ether oxygens (including phenoxy) is 2. The fourth-order valence-electron chi connectivity index (χ4n) is 5.48. The largest absolute Gasteiger partial charge is 0.495 e. The van der Waals surface area contributed by atoms with Crippen molar-refractivity contribution in [3.05, 3.63) is 89.5 Å². The number of para-hydroxylation sites is 3. The van der Waals surface area contributed by atoms with E-state index >= 15 is 0 Å². The van der Waals surface area contributed by atoms with E-state index in [1.807, 2.05) is 49.4 Å². The zero-order valence-electron chi connectivity index (χ0n) is 32.0. The van der Waals surface area contributed by atoms with E-state index in [4.69, 9.17) is 19.2 Å². The minimum atomic E-state index is -0.889. The van der Waals surface area contributed by atoms with Gasteiger partial charge in [0.25, 0.3) is 5.91 Å². The number of methoxy groups -OCH3 is 1. The molecule has 2 unspecified atom stereocenters. The predicted molar refractivity (Wildman–Crippen MR) is 206 cm³/mol. The number of anilines is 2. The van der Waals surface area contributed by atoms with Crippen molar-refractivity contribution < 1.29 is 28.8 Å². The molecule has 0 saturated heterocycles. The lowest BCUT2D eigenvalue weighted by molar-refractivity contribution is -0.283. The number of hydrogen-bond donors (Lipinski definition) is 2. The highest BCUT2D eigenvalue weighted by Gasteiger charge is 2.32. The summed E-state index contributed by atoms with van der Waals surface area (Å²) in [4.78, 5) is 38.5. The summed E-state index contributed by atoms with van der Waals surface area (Å²) in [6, 6.07) is 20.9. The molecule has 4 aromatic rings. The normalized spacial score (nSPS) is 13.0. The van der Waals surface area contributed by atoms with Gasteiger partial charge in [0.1, 0.15) is 23.4 Å². The molecular weight excluding hydrogens is 679 g/mol. The van der Waals surface area contributed by atoms with Gasteiger partial charge < -0.3 is 24.7 Å². The van der Waals surface area contributed by atoms with Gasteiger partial charge in [0.2, 0.25) is 5.91 Å². The van der Waals surface area contributed by atoms with E-state index in [0.717, 1.165) is 18.4 Å². The van der Waals surface area contributed by atoms with Crippen LogP contribution in [0.15, 0.2) is 71.6 Å². The Hall–Kier alpha value is -4.39.